The molecule has 0 saturated carbocycles. The molecule has 2 heterocycles. The quantitative estimate of drug-likeness (QED) is 0.790. The zero-order valence-electron chi connectivity index (χ0n) is 11.7. The molecule has 2 aromatic heterocycles. The molecule has 0 radical (unpaired) electrons. The largest absolute Gasteiger partial charge is 0.424 e. The second kappa shape index (κ2) is 5.58. The number of aromatic nitrogens is 5. The Morgan fingerprint density at radius 2 is 1.90 bits per heavy atom. The Balaban J connectivity index is 1.94. The summed E-state index contributed by atoms with van der Waals surface area (Å²) in [6.45, 7) is 2.02. The van der Waals surface area contributed by atoms with Crippen LogP contribution in [-0.4, -0.2) is 31.6 Å². The molecule has 0 aliphatic rings. The smallest absolute Gasteiger partial charge is 0.328 e. The van der Waals surface area contributed by atoms with E-state index in [2.05, 4.69) is 25.3 Å². The van der Waals surface area contributed by atoms with E-state index in [0.29, 0.717) is 17.6 Å². The number of rotatable bonds is 4. The van der Waals surface area contributed by atoms with Crippen LogP contribution in [0.25, 0.3) is 5.95 Å². The van der Waals surface area contributed by atoms with Gasteiger partial charge in [-0.15, -0.1) is 0 Å². The van der Waals surface area contributed by atoms with Gasteiger partial charge in [0.1, 0.15) is 12.1 Å². The third-order valence-corrected chi connectivity index (χ3v) is 2.79. The van der Waals surface area contributed by atoms with Gasteiger partial charge < -0.3 is 10.1 Å². The predicted octanol–water partition coefficient (Wildman–Crippen LogP) is 2.20. The molecule has 3 rings (SSSR count). The van der Waals surface area contributed by atoms with Crippen molar-refractivity contribution in [1.29, 1.82) is 0 Å². The van der Waals surface area contributed by atoms with Crippen LogP contribution in [0.15, 0.2) is 43.0 Å². The van der Waals surface area contributed by atoms with Crippen LogP contribution in [0.1, 0.15) is 5.56 Å². The topological polar surface area (TPSA) is 77.8 Å². The van der Waals surface area contributed by atoms with Crippen LogP contribution in [0, 0.1) is 6.92 Å². The highest BCUT2D eigenvalue weighted by Gasteiger charge is 2.09. The van der Waals surface area contributed by atoms with Crippen molar-refractivity contribution < 1.29 is 4.74 Å². The van der Waals surface area contributed by atoms with Crippen LogP contribution in [0.4, 0.5) is 5.95 Å². The van der Waals surface area contributed by atoms with Gasteiger partial charge in [0.15, 0.2) is 0 Å². The summed E-state index contributed by atoms with van der Waals surface area (Å²) in [5.74, 6) is 1.54. The molecule has 106 valence electrons. The normalized spacial score (nSPS) is 10.4. The fourth-order valence-electron chi connectivity index (χ4n) is 1.71. The minimum Gasteiger partial charge on any atom is -0.424 e. The number of benzene rings is 1. The van der Waals surface area contributed by atoms with Crippen LogP contribution < -0.4 is 10.1 Å². The first-order chi connectivity index (χ1) is 10.2. The fourth-order valence-corrected chi connectivity index (χ4v) is 1.71. The Bertz CT molecular complexity index is 724. The van der Waals surface area contributed by atoms with Gasteiger partial charge in [-0.3, -0.25) is 4.57 Å². The molecule has 1 N–H and O–H groups in total. The van der Waals surface area contributed by atoms with Crippen molar-refractivity contribution in [2.75, 3.05) is 12.4 Å². The monoisotopic (exact) mass is 282 g/mol. The van der Waals surface area contributed by atoms with Crippen molar-refractivity contribution in [3.63, 3.8) is 0 Å². The minimum absolute atomic E-state index is 0.224. The standard InChI is InChI=1S/C14H14N6O/c1-10-3-5-11(6-4-10)21-14-18-12(15-2)17-13(19-14)20-8-7-16-9-20/h3-9H,1-2H3,(H,15,17,18,19). The molecule has 21 heavy (non-hydrogen) atoms. The van der Waals surface area contributed by atoms with Crippen LogP contribution in [-0.2, 0) is 0 Å². The Morgan fingerprint density at radius 3 is 2.57 bits per heavy atom. The van der Waals surface area contributed by atoms with E-state index in [1.54, 1.807) is 30.3 Å². The molecule has 0 saturated heterocycles. The fraction of sp³-hybridized carbons (Fsp3) is 0.143. The number of aryl methyl sites for hydroxylation is 1. The Labute approximate surface area is 121 Å². The number of ether oxygens (including phenoxy) is 1. The molecule has 0 fully saturated rings. The van der Waals surface area contributed by atoms with Gasteiger partial charge in [0.05, 0.1) is 0 Å². The second-order valence-corrected chi connectivity index (χ2v) is 4.38. The van der Waals surface area contributed by atoms with E-state index in [-0.39, 0.29) is 6.01 Å². The lowest BCUT2D eigenvalue weighted by atomic mass is 10.2. The molecule has 0 spiro atoms. The van der Waals surface area contributed by atoms with Crippen molar-refractivity contribution in [2.45, 2.75) is 6.92 Å². The summed E-state index contributed by atoms with van der Waals surface area (Å²) < 4.78 is 7.36. The summed E-state index contributed by atoms with van der Waals surface area (Å²) in [7, 11) is 1.74. The van der Waals surface area contributed by atoms with Crippen molar-refractivity contribution in [1.82, 2.24) is 24.5 Å². The predicted molar refractivity (Wildman–Crippen MR) is 77.7 cm³/mol. The third kappa shape index (κ3) is 2.97. The van der Waals surface area contributed by atoms with E-state index in [1.807, 2.05) is 31.2 Å². The maximum absolute atomic E-state index is 5.68. The zero-order valence-corrected chi connectivity index (χ0v) is 11.7. The maximum Gasteiger partial charge on any atom is 0.328 e. The first kappa shape index (κ1) is 13.0. The van der Waals surface area contributed by atoms with E-state index in [1.165, 1.54) is 0 Å². The number of nitrogens with zero attached hydrogens (tertiary/aromatic N) is 5. The molecule has 0 unspecified atom stereocenters. The summed E-state index contributed by atoms with van der Waals surface area (Å²) in [6, 6.07) is 7.89. The van der Waals surface area contributed by atoms with E-state index in [0.717, 1.165) is 5.56 Å². The summed E-state index contributed by atoms with van der Waals surface area (Å²) in [5, 5.41) is 2.89. The average Bonchev–Trinajstić information content (AvgIpc) is 3.04. The molecule has 7 nitrogen and oxygen atoms in total. The zero-order chi connectivity index (χ0) is 14.7. The Hall–Kier alpha value is -2.96. The number of anilines is 1. The number of hydrogen-bond acceptors (Lipinski definition) is 6. The van der Waals surface area contributed by atoms with Crippen LogP contribution in [0.3, 0.4) is 0 Å². The average molecular weight is 282 g/mol. The number of imidazole rings is 1. The van der Waals surface area contributed by atoms with Crippen molar-refractivity contribution in [2.24, 2.45) is 0 Å². The summed E-state index contributed by atoms with van der Waals surface area (Å²) in [5.41, 5.74) is 1.16. The van der Waals surface area contributed by atoms with Crippen molar-refractivity contribution in [3.05, 3.63) is 48.5 Å². The molecule has 0 bridgehead atoms. The first-order valence-electron chi connectivity index (χ1n) is 6.41. The van der Waals surface area contributed by atoms with Crippen molar-refractivity contribution >= 4 is 5.95 Å². The second-order valence-electron chi connectivity index (χ2n) is 4.38. The van der Waals surface area contributed by atoms with Gasteiger partial charge in [-0.1, -0.05) is 17.7 Å². The molecule has 7 heteroatoms. The lowest BCUT2D eigenvalue weighted by molar-refractivity contribution is 0.439. The van der Waals surface area contributed by atoms with Gasteiger partial charge >= 0.3 is 6.01 Å². The van der Waals surface area contributed by atoms with E-state index >= 15 is 0 Å². The van der Waals surface area contributed by atoms with Gasteiger partial charge in [-0.25, -0.2) is 4.98 Å². The lowest BCUT2D eigenvalue weighted by Crippen LogP contribution is -2.06. The SMILES string of the molecule is CNc1nc(Oc2ccc(C)cc2)nc(-n2ccnc2)n1. The molecule has 0 amide bonds. The van der Waals surface area contributed by atoms with E-state index in [4.69, 9.17) is 4.74 Å². The number of nitrogens with one attached hydrogen (secondary N) is 1. The summed E-state index contributed by atoms with van der Waals surface area (Å²) in [6.07, 6.45) is 5.03. The summed E-state index contributed by atoms with van der Waals surface area (Å²) >= 11 is 0. The van der Waals surface area contributed by atoms with Crippen LogP contribution >= 0.6 is 0 Å². The van der Waals surface area contributed by atoms with Crippen LogP contribution in [0.5, 0.6) is 11.8 Å². The van der Waals surface area contributed by atoms with E-state index < -0.39 is 0 Å². The van der Waals surface area contributed by atoms with Gasteiger partial charge in [-0.05, 0) is 19.1 Å². The first-order valence-corrected chi connectivity index (χ1v) is 6.41. The van der Waals surface area contributed by atoms with Gasteiger partial charge in [0.2, 0.25) is 11.9 Å². The molecule has 0 aliphatic heterocycles. The summed E-state index contributed by atoms with van der Waals surface area (Å²) in [4.78, 5) is 16.7. The van der Waals surface area contributed by atoms with Gasteiger partial charge in [0, 0.05) is 19.4 Å². The minimum atomic E-state index is 0.224. The molecular weight excluding hydrogens is 268 g/mol. The molecule has 3 aromatic rings. The highest BCUT2D eigenvalue weighted by Crippen LogP contribution is 2.19. The highest BCUT2D eigenvalue weighted by molar-refractivity contribution is 5.33. The van der Waals surface area contributed by atoms with Gasteiger partial charge in [-0.2, -0.15) is 15.0 Å². The molecule has 0 aliphatic carbocycles. The Morgan fingerprint density at radius 1 is 1.10 bits per heavy atom. The molecular formula is C14H14N6O. The molecule has 1 aromatic carbocycles. The van der Waals surface area contributed by atoms with Crippen molar-refractivity contribution in [3.8, 4) is 17.7 Å². The third-order valence-electron chi connectivity index (χ3n) is 2.79. The van der Waals surface area contributed by atoms with E-state index in [9.17, 15) is 0 Å². The maximum atomic E-state index is 5.68. The Kier molecular flexibility index (Phi) is 3.46. The lowest BCUT2D eigenvalue weighted by Gasteiger charge is -2.08. The highest BCUT2D eigenvalue weighted by atomic mass is 16.5. The van der Waals surface area contributed by atoms with Crippen LogP contribution in [0.2, 0.25) is 0 Å². The number of hydrogen-bond donors (Lipinski definition) is 1. The van der Waals surface area contributed by atoms with Gasteiger partial charge in [0.25, 0.3) is 0 Å². The molecule has 0 atom stereocenters.